The van der Waals surface area contributed by atoms with Crippen molar-refractivity contribution in [1.29, 1.82) is 5.26 Å². The fourth-order valence-corrected chi connectivity index (χ4v) is 3.71. The molecule has 0 unspecified atom stereocenters. The minimum atomic E-state index is -4.45. The van der Waals surface area contributed by atoms with Crippen molar-refractivity contribution in [3.8, 4) is 6.07 Å². The van der Waals surface area contributed by atoms with Crippen LogP contribution in [0.4, 0.5) is 18.9 Å². The van der Waals surface area contributed by atoms with Gasteiger partial charge in [-0.25, -0.2) is 4.98 Å². The van der Waals surface area contributed by atoms with Crippen LogP contribution in [0.15, 0.2) is 61.1 Å². The number of hydrogen-bond donors (Lipinski definition) is 0. The van der Waals surface area contributed by atoms with Gasteiger partial charge < -0.3 is 9.47 Å². The van der Waals surface area contributed by atoms with E-state index in [1.54, 1.807) is 24.7 Å². The summed E-state index contributed by atoms with van der Waals surface area (Å²) < 4.78 is 41.0. The second-order valence-electron chi connectivity index (χ2n) is 7.63. The zero-order chi connectivity index (χ0) is 22.7. The lowest BCUT2D eigenvalue weighted by Crippen LogP contribution is -2.50. The topological polar surface area (TPSA) is 65.2 Å². The van der Waals surface area contributed by atoms with Gasteiger partial charge in [0, 0.05) is 38.1 Å². The summed E-state index contributed by atoms with van der Waals surface area (Å²) in [7, 11) is 0. The maximum atomic E-state index is 13.0. The summed E-state index contributed by atoms with van der Waals surface area (Å²) in [5.41, 5.74) is 2.03. The first kappa shape index (κ1) is 21.6. The zero-order valence-electron chi connectivity index (χ0n) is 17.1. The molecule has 1 fully saturated rings. The molecule has 32 heavy (non-hydrogen) atoms. The average molecular weight is 439 g/mol. The normalized spacial score (nSPS) is 15.1. The third-order valence-electron chi connectivity index (χ3n) is 5.40. The van der Waals surface area contributed by atoms with Crippen LogP contribution in [-0.2, 0) is 24.1 Å². The summed E-state index contributed by atoms with van der Waals surface area (Å²) in [6, 6.07) is 14.2. The van der Waals surface area contributed by atoms with Crippen molar-refractivity contribution in [1.82, 2.24) is 14.5 Å². The quantitative estimate of drug-likeness (QED) is 0.609. The van der Waals surface area contributed by atoms with Crippen molar-refractivity contribution < 1.29 is 18.0 Å². The van der Waals surface area contributed by atoms with E-state index in [-0.39, 0.29) is 18.1 Å². The minimum absolute atomic E-state index is 0.109. The maximum absolute atomic E-state index is 13.0. The third-order valence-corrected chi connectivity index (χ3v) is 5.40. The summed E-state index contributed by atoms with van der Waals surface area (Å²) in [6.45, 7) is 2.03. The average Bonchev–Trinajstić information content (AvgIpc) is 3.20. The van der Waals surface area contributed by atoms with E-state index >= 15 is 0 Å². The van der Waals surface area contributed by atoms with Crippen molar-refractivity contribution in [2.24, 2.45) is 0 Å². The Bertz CT molecular complexity index is 1150. The predicted molar refractivity (Wildman–Crippen MR) is 112 cm³/mol. The molecule has 1 aliphatic heterocycles. The van der Waals surface area contributed by atoms with Crippen LogP contribution in [0, 0.1) is 11.3 Å². The Morgan fingerprint density at radius 3 is 2.53 bits per heavy atom. The van der Waals surface area contributed by atoms with Crippen LogP contribution in [0.1, 0.15) is 22.4 Å². The Kier molecular flexibility index (Phi) is 5.97. The van der Waals surface area contributed by atoms with E-state index in [0.29, 0.717) is 31.7 Å². The summed E-state index contributed by atoms with van der Waals surface area (Å²) in [5.74, 6) is -0.242. The Morgan fingerprint density at radius 2 is 1.84 bits per heavy atom. The monoisotopic (exact) mass is 439 g/mol. The fraction of sp³-hybridized carbons (Fsp3) is 0.261. The number of nitriles is 1. The molecule has 0 radical (unpaired) electrons. The number of anilines is 1. The molecule has 1 aromatic heterocycles. The lowest BCUT2D eigenvalue weighted by Gasteiger charge is -2.34. The Hall–Kier alpha value is -3.64. The molecule has 2 aromatic carbocycles. The van der Waals surface area contributed by atoms with E-state index in [1.807, 2.05) is 21.6 Å². The van der Waals surface area contributed by atoms with Crippen molar-refractivity contribution >= 4 is 11.6 Å². The molecule has 4 rings (SSSR count). The molecule has 0 bridgehead atoms. The highest BCUT2D eigenvalue weighted by atomic mass is 19.4. The fourth-order valence-electron chi connectivity index (χ4n) is 3.71. The Labute approximate surface area is 183 Å². The first-order valence-corrected chi connectivity index (χ1v) is 10.0. The number of alkyl halides is 3. The molecular weight excluding hydrogens is 419 g/mol. The number of halogens is 3. The van der Waals surface area contributed by atoms with Crippen molar-refractivity contribution in [2.75, 3.05) is 24.5 Å². The number of carbonyl (C=O) groups excluding carboxylic acids is 1. The van der Waals surface area contributed by atoms with Gasteiger partial charge in [0.05, 0.1) is 35.8 Å². The molecule has 0 aliphatic carbocycles. The largest absolute Gasteiger partial charge is 0.416 e. The van der Waals surface area contributed by atoms with E-state index < -0.39 is 11.7 Å². The predicted octanol–water partition coefficient (Wildman–Crippen LogP) is 3.67. The van der Waals surface area contributed by atoms with Gasteiger partial charge in [-0.05, 0) is 35.9 Å². The summed E-state index contributed by atoms with van der Waals surface area (Å²) >= 11 is 0. The summed E-state index contributed by atoms with van der Waals surface area (Å²) in [5, 5.41) is 8.92. The number of imidazole rings is 1. The number of aromatic nitrogens is 2. The van der Waals surface area contributed by atoms with Gasteiger partial charge in [0.2, 0.25) is 5.91 Å². The van der Waals surface area contributed by atoms with Crippen LogP contribution < -0.4 is 4.90 Å². The number of amides is 1. The molecule has 164 valence electrons. The summed E-state index contributed by atoms with van der Waals surface area (Å²) in [4.78, 5) is 20.3. The van der Waals surface area contributed by atoms with Crippen LogP contribution in [0.2, 0.25) is 0 Å². The Balaban J connectivity index is 1.41. The molecule has 6 nitrogen and oxygen atoms in total. The molecule has 0 saturated carbocycles. The van der Waals surface area contributed by atoms with Crippen LogP contribution in [0.25, 0.3) is 0 Å². The Morgan fingerprint density at radius 1 is 1.06 bits per heavy atom. The third kappa shape index (κ3) is 4.81. The minimum Gasteiger partial charge on any atom is -0.329 e. The lowest BCUT2D eigenvalue weighted by atomic mass is 10.1. The smallest absolute Gasteiger partial charge is 0.329 e. The molecule has 0 atom stereocenters. The van der Waals surface area contributed by atoms with E-state index in [1.165, 1.54) is 17.0 Å². The van der Waals surface area contributed by atoms with Gasteiger partial charge in [-0.2, -0.15) is 18.4 Å². The second kappa shape index (κ2) is 8.85. The van der Waals surface area contributed by atoms with Crippen LogP contribution in [0.3, 0.4) is 0 Å². The molecule has 1 amide bonds. The molecular formula is C23H20F3N5O. The van der Waals surface area contributed by atoms with E-state index in [4.69, 9.17) is 5.26 Å². The van der Waals surface area contributed by atoms with Crippen LogP contribution >= 0.6 is 0 Å². The molecule has 3 aromatic rings. The number of nitrogens with zero attached hydrogens (tertiary/aromatic N) is 5. The van der Waals surface area contributed by atoms with Crippen LogP contribution in [0.5, 0.6) is 0 Å². The van der Waals surface area contributed by atoms with Gasteiger partial charge in [-0.15, -0.1) is 0 Å². The van der Waals surface area contributed by atoms with E-state index in [2.05, 4.69) is 11.1 Å². The summed E-state index contributed by atoms with van der Waals surface area (Å²) in [6.07, 6.45) is -0.990. The van der Waals surface area contributed by atoms with Gasteiger partial charge in [0.15, 0.2) is 0 Å². The SMILES string of the molecule is N#Cc1ccc(Cn2cncc2CN2CCN(c3cccc(C(F)(F)F)c3)C(=O)C2)cc1. The highest BCUT2D eigenvalue weighted by Gasteiger charge is 2.32. The molecule has 0 N–H and O–H groups in total. The van der Waals surface area contributed by atoms with Crippen LogP contribution in [-0.4, -0.2) is 40.0 Å². The van der Waals surface area contributed by atoms with Gasteiger partial charge in [-0.1, -0.05) is 18.2 Å². The lowest BCUT2D eigenvalue weighted by molar-refractivity contribution is -0.137. The molecule has 0 spiro atoms. The van der Waals surface area contributed by atoms with Crippen molar-refractivity contribution in [3.05, 3.63) is 83.4 Å². The molecule has 9 heteroatoms. The first-order valence-electron chi connectivity index (χ1n) is 10.0. The maximum Gasteiger partial charge on any atom is 0.416 e. The van der Waals surface area contributed by atoms with Gasteiger partial charge in [0.25, 0.3) is 0 Å². The van der Waals surface area contributed by atoms with Gasteiger partial charge in [0.1, 0.15) is 0 Å². The first-order chi connectivity index (χ1) is 15.3. The number of benzene rings is 2. The second-order valence-corrected chi connectivity index (χ2v) is 7.63. The number of rotatable bonds is 5. The van der Waals surface area contributed by atoms with E-state index in [0.717, 1.165) is 23.4 Å². The van der Waals surface area contributed by atoms with Gasteiger partial charge >= 0.3 is 6.18 Å². The number of hydrogen-bond acceptors (Lipinski definition) is 4. The zero-order valence-corrected chi connectivity index (χ0v) is 17.1. The van der Waals surface area contributed by atoms with Gasteiger partial charge in [-0.3, -0.25) is 9.69 Å². The highest BCUT2D eigenvalue weighted by Crippen LogP contribution is 2.32. The van der Waals surface area contributed by atoms with Crippen molar-refractivity contribution in [3.63, 3.8) is 0 Å². The van der Waals surface area contributed by atoms with Crippen molar-refractivity contribution in [2.45, 2.75) is 19.3 Å². The molecule has 1 aliphatic rings. The molecule has 2 heterocycles. The highest BCUT2D eigenvalue weighted by molar-refractivity contribution is 5.95. The number of piperazine rings is 1. The number of carbonyl (C=O) groups is 1. The van der Waals surface area contributed by atoms with E-state index in [9.17, 15) is 18.0 Å². The molecule has 1 saturated heterocycles. The standard InChI is InChI=1S/C23H20F3N5O/c24-23(25,26)19-2-1-3-20(10-19)31-9-8-29(15-22(31)32)14-21-12-28-16-30(21)13-18-6-4-17(11-27)5-7-18/h1-7,10,12,16H,8-9,13-15H2.